The Balaban J connectivity index is 2.33. The highest BCUT2D eigenvalue weighted by Crippen LogP contribution is 2.20. The summed E-state index contributed by atoms with van der Waals surface area (Å²) < 4.78 is 0. The molecule has 1 N–H and O–H groups in total. The van der Waals surface area contributed by atoms with Crippen molar-refractivity contribution in [2.75, 3.05) is 18.4 Å². The largest absolute Gasteiger partial charge is 0.334 e. The Kier molecular flexibility index (Phi) is 9.60. The van der Waals surface area contributed by atoms with E-state index in [0.29, 0.717) is 18.1 Å². The van der Waals surface area contributed by atoms with E-state index in [2.05, 4.69) is 17.2 Å². The van der Waals surface area contributed by atoms with Crippen molar-refractivity contribution in [3.8, 4) is 0 Å². The van der Waals surface area contributed by atoms with Crippen molar-refractivity contribution in [1.29, 1.82) is 0 Å². The van der Waals surface area contributed by atoms with Crippen LogP contribution in [0.3, 0.4) is 0 Å². The van der Waals surface area contributed by atoms with Crippen molar-refractivity contribution in [2.45, 2.75) is 72.6 Å². The molecule has 0 aromatic carbocycles. The van der Waals surface area contributed by atoms with E-state index in [1.54, 1.807) is 4.90 Å². The molecule has 0 spiro atoms. The lowest BCUT2D eigenvalue weighted by Gasteiger charge is -2.20. The molecule has 0 atom stereocenters. The Labute approximate surface area is 149 Å². The van der Waals surface area contributed by atoms with Gasteiger partial charge in [0.15, 0.2) is 5.13 Å². The third kappa shape index (κ3) is 7.43. The van der Waals surface area contributed by atoms with E-state index in [-0.39, 0.29) is 18.4 Å². The standard InChI is InChI=1S/C18H31N3O2S/c1-5-7-8-9-10-11-12-17(23)21(6-2)13-16(22)20-18-19-14(3)15(4)24-18/h5-13H2,1-4H3,(H,19,20,22). The zero-order valence-electron chi connectivity index (χ0n) is 15.5. The second-order valence-corrected chi connectivity index (χ2v) is 7.34. The van der Waals surface area contributed by atoms with Crippen molar-refractivity contribution in [3.05, 3.63) is 10.6 Å². The lowest BCUT2D eigenvalue weighted by Crippen LogP contribution is -2.37. The van der Waals surface area contributed by atoms with E-state index < -0.39 is 0 Å². The van der Waals surface area contributed by atoms with Gasteiger partial charge < -0.3 is 10.2 Å². The number of amides is 2. The van der Waals surface area contributed by atoms with E-state index >= 15 is 0 Å². The van der Waals surface area contributed by atoms with Crippen LogP contribution in [0.4, 0.5) is 5.13 Å². The second-order valence-electron chi connectivity index (χ2n) is 6.13. The molecule has 0 aliphatic rings. The monoisotopic (exact) mass is 353 g/mol. The van der Waals surface area contributed by atoms with E-state index in [1.165, 1.54) is 37.0 Å². The minimum Gasteiger partial charge on any atom is -0.334 e. The predicted octanol–water partition coefficient (Wildman–Crippen LogP) is 4.30. The number of anilines is 1. The number of carbonyl (C=O) groups excluding carboxylic acids is 2. The normalized spacial score (nSPS) is 10.7. The first-order valence-electron chi connectivity index (χ1n) is 8.99. The van der Waals surface area contributed by atoms with Gasteiger partial charge in [-0.05, 0) is 27.2 Å². The van der Waals surface area contributed by atoms with Gasteiger partial charge in [0.1, 0.15) is 0 Å². The van der Waals surface area contributed by atoms with Crippen LogP contribution in [0.15, 0.2) is 0 Å². The maximum Gasteiger partial charge on any atom is 0.245 e. The fourth-order valence-corrected chi connectivity index (χ4v) is 3.28. The average Bonchev–Trinajstić information content (AvgIpc) is 2.85. The number of nitrogens with zero attached hydrogens (tertiary/aromatic N) is 2. The van der Waals surface area contributed by atoms with Crippen LogP contribution in [0.1, 0.15) is 69.4 Å². The molecule has 5 nitrogen and oxygen atoms in total. The van der Waals surface area contributed by atoms with Crippen molar-refractivity contribution < 1.29 is 9.59 Å². The van der Waals surface area contributed by atoms with Gasteiger partial charge in [0.25, 0.3) is 0 Å². The molecular weight excluding hydrogens is 322 g/mol. The Morgan fingerprint density at radius 2 is 1.75 bits per heavy atom. The topological polar surface area (TPSA) is 62.3 Å². The number of nitrogens with one attached hydrogen (secondary N) is 1. The molecule has 1 aromatic rings. The molecule has 0 unspecified atom stereocenters. The molecule has 136 valence electrons. The molecule has 0 aliphatic heterocycles. The molecule has 1 aromatic heterocycles. The van der Waals surface area contributed by atoms with Crippen LogP contribution in [0.5, 0.6) is 0 Å². The number of hydrogen-bond acceptors (Lipinski definition) is 4. The number of aromatic nitrogens is 1. The molecular formula is C18H31N3O2S. The molecule has 1 rings (SSSR count). The van der Waals surface area contributed by atoms with Crippen molar-refractivity contribution in [3.63, 3.8) is 0 Å². The first-order chi connectivity index (χ1) is 11.5. The molecule has 1 heterocycles. The summed E-state index contributed by atoms with van der Waals surface area (Å²) in [6.07, 6.45) is 7.47. The van der Waals surface area contributed by atoms with Gasteiger partial charge in [-0.3, -0.25) is 9.59 Å². The summed E-state index contributed by atoms with van der Waals surface area (Å²) in [5.74, 6) is -0.114. The smallest absolute Gasteiger partial charge is 0.245 e. The second kappa shape index (κ2) is 11.2. The van der Waals surface area contributed by atoms with Crippen LogP contribution in [-0.4, -0.2) is 34.8 Å². The summed E-state index contributed by atoms with van der Waals surface area (Å²) in [6.45, 7) is 8.65. The van der Waals surface area contributed by atoms with Crippen LogP contribution < -0.4 is 5.32 Å². The quantitative estimate of drug-likeness (QED) is 0.603. The van der Waals surface area contributed by atoms with Crippen molar-refractivity contribution >= 4 is 28.3 Å². The number of thiazole rings is 1. The third-order valence-corrected chi connectivity index (χ3v) is 5.08. The van der Waals surface area contributed by atoms with Gasteiger partial charge in [-0.1, -0.05) is 39.0 Å². The van der Waals surface area contributed by atoms with E-state index in [0.717, 1.165) is 23.4 Å². The minimum absolute atomic E-state index is 0.0645. The maximum absolute atomic E-state index is 12.2. The lowest BCUT2D eigenvalue weighted by atomic mass is 10.1. The van der Waals surface area contributed by atoms with Crippen LogP contribution in [-0.2, 0) is 9.59 Å². The maximum atomic E-state index is 12.2. The molecule has 0 saturated carbocycles. The molecule has 0 saturated heterocycles. The zero-order valence-corrected chi connectivity index (χ0v) is 16.3. The Morgan fingerprint density at radius 3 is 2.33 bits per heavy atom. The summed E-state index contributed by atoms with van der Waals surface area (Å²) in [5, 5.41) is 3.39. The number of aryl methyl sites for hydroxylation is 2. The third-order valence-electron chi connectivity index (χ3n) is 4.09. The van der Waals surface area contributed by atoms with Gasteiger partial charge in [-0.15, -0.1) is 11.3 Å². The number of unbranched alkanes of at least 4 members (excludes halogenated alkanes) is 5. The molecule has 2 amide bonds. The molecule has 6 heteroatoms. The summed E-state index contributed by atoms with van der Waals surface area (Å²) >= 11 is 1.46. The highest BCUT2D eigenvalue weighted by Gasteiger charge is 2.16. The fraction of sp³-hybridized carbons (Fsp3) is 0.722. The number of likely N-dealkylation sites (N-methyl/N-ethyl adjacent to an activating group) is 1. The van der Waals surface area contributed by atoms with Gasteiger partial charge in [0.2, 0.25) is 11.8 Å². The summed E-state index contributed by atoms with van der Waals surface area (Å²) in [5.41, 5.74) is 0.932. The number of carbonyl (C=O) groups is 2. The average molecular weight is 354 g/mol. The summed E-state index contributed by atoms with van der Waals surface area (Å²) in [4.78, 5) is 31.4. The van der Waals surface area contributed by atoms with E-state index in [1.807, 2.05) is 20.8 Å². The fourth-order valence-electron chi connectivity index (χ4n) is 2.45. The first kappa shape index (κ1) is 20.6. The zero-order chi connectivity index (χ0) is 17.9. The van der Waals surface area contributed by atoms with Gasteiger partial charge in [0, 0.05) is 17.8 Å². The minimum atomic E-state index is -0.179. The SMILES string of the molecule is CCCCCCCCC(=O)N(CC)CC(=O)Nc1nc(C)c(C)s1. The molecule has 24 heavy (non-hydrogen) atoms. The van der Waals surface area contributed by atoms with Crippen LogP contribution in [0.2, 0.25) is 0 Å². The van der Waals surface area contributed by atoms with Gasteiger partial charge in [-0.25, -0.2) is 4.98 Å². The molecule has 0 bridgehead atoms. The van der Waals surface area contributed by atoms with Crippen molar-refractivity contribution in [2.24, 2.45) is 0 Å². The number of hydrogen-bond donors (Lipinski definition) is 1. The van der Waals surface area contributed by atoms with E-state index in [4.69, 9.17) is 0 Å². The highest BCUT2D eigenvalue weighted by atomic mass is 32.1. The lowest BCUT2D eigenvalue weighted by molar-refractivity contribution is -0.134. The Bertz CT molecular complexity index is 509. The van der Waals surface area contributed by atoms with Gasteiger partial charge >= 0.3 is 0 Å². The van der Waals surface area contributed by atoms with Gasteiger partial charge in [-0.2, -0.15) is 0 Å². The van der Waals surface area contributed by atoms with Crippen LogP contribution in [0, 0.1) is 13.8 Å². The number of rotatable bonds is 11. The van der Waals surface area contributed by atoms with Gasteiger partial charge in [0.05, 0.1) is 12.2 Å². The van der Waals surface area contributed by atoms with Crippen molar-refractivity contribution in [1.82, 2.24) is 9.88 Å². The summed E-state index contributed by atoms with van der Waals surface area (Å²) in [7, 11) is 0. The molecule has 0 aliphatic carbocycles. The predicted molar refractivity (Wildman–Crippen MR) is 100 cm³/mol. The molecule has 0 radical (unpaired) electrons. The Hall–Kier alpha value is -1.43. The van der Waals surface area contributed by atoms with Crippen LogP contribution in [0.25, 0.3) is 0 Å². The van der Waals surface area contributed by atoms with Crippen LogP contribution >= 0.6 is 11.3 Å². The van der Waals surface area contributed by atoms with E-state index in [9.17, 15) is 9.59 Å². The molecule has 0 fully saturated rings. The first-order valence-corrected chi connectivity index (χ1v) is 9.81. The summed E-state index contributed by atoms with van der Waals surface area (Å²) in [6, 6.07) is 0. The highest BCUT2D eigenvalue weighted by molar-refractivity contribution is 7.15. The Morgan fingerprint density at radius 1 is 1.08 bits per heavy atom.